The molecule has 39 heavy (non-hydrogen) atoms. The predicted octanol–water partition coefficient (Wildman–Crippen LogP) is 6.94. The Kier molecular flexibility index (Phi) is 8.88. The van der Waals surface area contributed by atoms with E-state index in [2.05, 4.69) is 86.1 Å². The lowest BCUT2D eigenvalue weighted by Crippen LogP contribution is -2.31. The molecule has 1 aromatic heterocycles. The summed E-state index contributed by atoms with van der Waals surface area (Å²) in [5, 5.41) is 0. The minimum atomic E-state index is -0.573. The fraction of sp³-hybridized carbons (Fsp3) is 0.394. The van der Waals surface area contributed by atoms with E-state index in [0.29, 0.717) is 5.69 Å². The molecule has 1 aliphatic heterocycles. The number of pyridine rings is 1. The van der Waals surface area contributed by atoms with Crippen molar-refractivity contribution >= 4 is 17.9 Å². The van der Waals surface area contributed by atoms with Crippen LogP contribution in [0.3, 0.4) is 0 Å². The van der Waals surface area contributed by atoms with Crippen molar-refractivity contribution in [2.45, 2.75) is 78.1 Å². The number of rotatable bonds is 8. The molecule has 0 saturated carbocycles. The molecule has 1 fully saturated rings. The van der Waals surface area contributed by atoms with E-state index in [0.717, 1.165) is 23.5 Å². The van der Waals surface area contributed by atoms with Gasteiger partial charge in [-0.05, 0) is 77.9 Å². The third kappa shape index (κ3) is 7.14. The molecule has 0 amide bonds. The van der Waals surface area contributed by atoms with Crippen molar-refractivity contribution in [3.63, 3.8) is 0 Å². The van der Waals surface area contributed by atoms with Crippen molar-refractivity contribution in [2.75, 3.05) is 11.9 Å². The molecule has 0 radical (unpaired) electrons. The van der Waals surface area contributed by atoms with E-state index in [1.165, 1.54) is 11.6 Å². The van der Waals surface area contributed by atoms with Gasteiger partial charge in [-0.3, -0.25) is 4.90 Å². The van der Waals surface area contributed by atoms with Crippen molar-refractivity contribution in [3.8, 4) is 0 Å². The van der Waals surface area contributed by atoms with Gasteiger partial charge in [-0.1, -0.05) is 60.7 Å². The molecule has 6 nitrogen and oxygen atoms in total. The summed E-state index contributed by atoms with van der Waals surface area (Å²) in [7, 11) is 2.07. The SMILES string of the molecule is CC(C)N(Cc1ccccc1)c1ccc(C2O[C@@H](c3ccccc3)[C@H](C)N2C)c(/C=C/C(=O)OC(C)(C)C)n1. The maximum absolute atomic E-state index is 12.6. The molecule has 0 N–H and O–H groups in total. The Hall–Kier alpha value is -3.48. The van der Waals surface area contributed by atoms with Gasteiger partial charge in [0.15, 0.2) is 0 Å². The van der Waals surface area contributed by atoms with Gasteiger partial charge in [0, 0.05) is 30.3 Å². The van der Waals surface area contributed by atoms with Crippen LogP contribution in [0.15, 0.2) is 78.9 Å². The van der Waals surface area contributed by atoms with E-state index in [1.807, 2.05) is 45.0 Å². The smallest absolute Gasteiger partial charge is 0.331 e. The molecule has 206 valence electrons. The minimum absolute atomic E-state index is 0.0752. The Balaban J connectivity index is 1.71. The number of hydrogen-bond donors (Lipinski definition) is 0. The first kappa shape index (κ1) is 28.5. The van der Waals surface area contributed by atoms with Crippen LogP contribution in [0, 0.1) is 0 Å². The van der Waals surface area contributed by atoms with Crippen LogP contribution in [0.25, 0.3) is 6.08 Å². The molecule has 3 atom stereocenters. The highest BCUT2D eigenvalue weighted by molar-refractivity contribution is 5.87. The quantitative estimate of drug-likeness (QED) is 0.234. The Morgan fingerprint density at radius 1 is 1.05 bits per heavy atom. The third-order valence-corrected chi connectivity index (χ3v) is 6.96. The molecule has 0 aliphatic carbocycles. The van der Waals surface area contributed by atoms with Crippen LogP contribution in [0.5, 0.6) is 0 Å². The summed E-state index contributed by atoms with van der Waals surface area (Å²) in [6.45, 7) is 12.8. The van der Waals surface area contributed by atoms with Crippen LogP contribution in [-0.4, -0.2) is 40.6 Å². The highest BCUT2D eigenvalue weighted by Gasteiger charge is 2.39. The fourth-order valence-corrected chi connectivity index (χ4v) is 4.84. The maximum Gasteiger partial charge on any atom is 0.331 e. The maximum atomic E-state index is 12.6. The van der Waals surface area contributed by atoms with Crippen LogP contribution in [-0.2, 0) is 20.8 Å². The molecular weight excluding hydrogens is 486 g/mol. The summed E-state index contributed by atoms with van der Waals surface area (Å²) in [5.41, 5.74) is 3.38. The number of benzene rings is 2. The molecule has 4 rings (SSSR count). The Labute approximate surface area is 233 Å². The first-order chi connectivity index (χ1) is 18.5. The zero-order valence-electron chi connectivity index (χ0n) is 24.2. The number of esters is 1. The van der Waals surface area contributed by atoms with E-state index < -0.39 is 11.6 Å². The van der Waals surface area contributed by atoms with Gasteiger partial charge in [0.25, 0.3) is 0 Å². The van der Waals surface area contributed by atoms with Crippen LogP contribution in [0.4, 0.5) is 5.82 Å². The van der Waals surface area contributed by atoms with Crippen LogP contribution in [0.2, 0.25) is 0 Å². The van der Waals surface area contributed by atoms with Gasteiger partial charge in [-0.25, -0.2) is 9.78 Å². The largest absolute Gasteiger partial charge is 0.457 e. The van der Waals surface area contributed by atoms with Crippen LogP contribution < -0.4 is 4.90 Å². The monoisotopic (exact) mass is 527 g/mol. The second-order valence-corrected chi connectivity index (χ2v) is 11.4. The van der Waals surface area contributed by atoms with Crippen LogP contribution >= 0.6 is 0 Å². The average Bonchev–Trinajstić information content (AvgIpc) is 3.20. The number of carbonyl (C=O) groups excluding carboxylic acids is 1. The van der Waals surface area contributed by atoms with Gasteiger partial charge in [0.1, 0.15) is 23.8 Å². The lowest BCUT2D eigenvalue weighted by atomic mass is 10.0. The summed E-state index contributed by atoms with van der Waals surface area (Å²) in [5.74, 6) is 0.441. The number of carbonyl (C=O) groups is 1. The average molecular weight is 528 g/mol. The minimum Gasteiger partial charge on any atom is -0.457 e. The molecule has 2 aromatic carbocycles. The number of hydrogen-bond acceptors (Lipinski definition) is 6. The molecule has 2 heterocycles. The number of aromatic nitrogens is 1. The standard InChI is InChI=1S/C33H41N3O3/c1-23(2)36(22-25-14-10-8-11-15-25)29-20-18-27(28(34-29)19-21-30(37)39-33(4,5)6)32-35(7)24(3)31(38-32)26-16-12-9-13-17-26/h8-21,23-24,31-32H,22H2,1-7H3/b21-19+/t24-,31+,32?/m0/s1. The zero-order chi connectivity index (χ0) is 28.2. The number of ether oxygens (including phenoxy) is 2. The lowest BCUT2D eigenvalue weighted by Gasteiger charge is -2.29. The summed E-state index contributed by atoms with van der Waals surface area (Å²) < 4.78 is 12.2. The van der Waals surface area contributed by atoms with Gasteiger partial charge in [-0.2, -0.15) is 0 Å². The summed E-state index contributed by atoms with van der Waals surface area (Å²) >= 11 is 0. The van der Waals surface area contributed by atoms with Crippen molar-refractivity contribution in [3.05, 3.63) is 101 Å². The molecule has 0 bridgehead atoms. The highest BCUT2D eigenvalue weighted by atomic mass is 16.6. The molecule has 1 aliphatic rings. The van der Waals surface area contributed by atoms with Crippen molar-refractivity contribution in [2.24, 2.45) is 0 Å². The van der Waals surface area contributed by atoms with Gasteiger partial charge in [-0.15, -0.1) is 0 Å². The lowest BCUT2D eigenvalue weighted by molar-refractivity contribution is -0.148. The summed E-state index contributed by atoms with van der Waals surface area (Å²) in [6.07, 6.45) is 2.83. The Bertz CT molecular complexity index is 1270. The van der Waals surface area contributed by atoms with E-state index >= 15 is 0 Å². The third-order valence-electron chi connectivity index (χ3n) is 6.96. The summed E-state index contributed by atoms with van der Waals surface area (Å²) in [4.78, 5) is 22.2. The van der Waals surface area contributed by atoms with E-state index in [9.17, 15) is 4.79 Å². The number of likely N-dealkylation sites (N-methyl/N-ethyl adjacent to an activating group) is 1. The number of anilines is 1. The molecular formula is C33H41N3O3. The first-order valence-corrected chi connectivity index (χ1v) is 13.7. The fourth-order valence-electron chi connectivity index (χ4n) is 4.84. The topological polar surface area (TPSA) is 54.9 Å². The highest BCUT2D eigenvalue weighted by Crippen LogP contribution is 2.42. The zero-order valence-corrected chi connectivity index (χ0v) is 24.2. The van der Waals surface area contributed by atoms with Gasteiger partial charge in [0.05, 0.1) is 5.69 Å². The van der Waals surface area contributed by atoms with Crippen LogP contribution in [0.1, 0.15) is 76.3 Å². The normalized spacial score (nSPS) is 20.1. The van der Waals surface area contributed by atoms with Gasteiger partial charge < -0.3 is 14.4 Å². The predicted molar refractivity (Wildman–Crippen MR) is 157 cm³/mol. The Morgan fingerprint density at radius 2 is 1.69 bits per heavy atom. The van der Waals surface area contributed by atoms with Crippen molar-refractivity contribution < 1.29 is 14.3 Å². The second-order valence-electron chi connectivity index (χ2n) is 11.4. The van der Waals surface area contributed by atoms with Gasteiger partial charge in [0.2, 0.25) is 0 Å². The molecule has 1 unspecified atom stereocenters. The molecule has 1 saturated heterocycles. The first-order valence-electron chi connectivity index (χ1n) is 13.7. The summed E-state index contributed by atoms with van der Waals surface area (Å²) in [6, 6.07) is 25.2. The molecule has 3 aromatic rings. The van der Waals surface area contributed by atoms with Gasteiger partial charge >= 0.3 is 5.97 Å². The molecule has 6 heteroatoms. The van der Waals surface area contributed by atoms with Crippen molar-refractivity contribution in [1.29, 1.82) is 0 Å². The van der Waals surface area contributed by atoms with E-state index in [-0.39, 0.29) is 24.4 Å². The van der Waals surface area contributed by atoms with E-state index in [4.69, 9.17) is 14.5 Å². The second kappa shape index (κ2) is 12.1. The van der Waals surface area contributed by atoms with E-state index in [1.54, 1.807) is 6.08 Å². The molecule has 0 spiro atoms. The van der Waals surface area contributed by atoms with Crippen molar-refractivity contribution in [1.82, 2.24) is 9.88 Å². The Morgan fingerprint density at radius 3 is 2.31 bits per heavy atom. The number of nitrogens with zero attached hydrogens (tertiary/aromatic N) is 3.